The molecule has 1 saturated carbocycles. The molecule has 3 atom stereocenters. The molecule has 3 nitrogen and oxygen atoms in total. The van der Waals surface area contributed by atoms with E-state index < -0.39 is 0 Å². The van der Waals surface area contributed by atoms with Gasteiger partial charge in [-0.2, -0.15) is 0 Å². The fourth-order valence-corrected chi connectivity index (χ4v) is 3.11. The highest BCUT2D eigenvalue weighted by atomic mass is 16.5. The monoisotopic (exact) mass is 196 g/mol. The van der Waals surface area contributed by atoms with Crippen molar-refractivity contribution in [3.8, 4) is 0 Å². The minimum atomic E-state index is 0.679. The molecule has 0 aromatic carbocycles. The van der Waals surface area contributed by atoms with E-state index in [1.54, 1.807) is 0 Å². The van der Waals surface area contributed by atoms with Crippen LogP contribution in [-0.4, -0.2) is 50.3 Å². The van der Waals surface area contributed by atoms with Gasteiger partial charge in [0.15, 0.2) is 0 Å². The van der Waals surface area contributed by atoms with Gasteiger partial charge in [-0.3, -0.25) is 0 Å². The lowest BCUT2D eigenvalue weighted by molar-refractivity contribution is 0.130. The van der Waals surface area contributed by atoms with Crippen molar-refractivity contribution in [2.75, 3.05) is 39.4 Å². The first-order chi connectivity index (χ1) is 6.84. The summed E-state index contributed by atoms with van der Waals surface area (Å²) >= 11 is 0. The van der Waals surface area contributed by atoms with Gasteiger partial charge in [-0.25, -0.2) is 0 Å². The second-order valence-electron chi connectivity index (χ2n) is 5.14. The molecule has 0 aromatic rings. The zero-order valence-corrected chi connectivity index (χ0v) is 8.91. The zero-order chi connectivity index (χ0) is 9.54. The predicted molar refractivity (Wildman–Crippen MR) is 55.2 cm³/mol. The zero-order valence-electron chi connectivity index (χ0n) is 8.91. The largest absolute Gasteiger partial charge is 0.381 e. The number of fused-ring (bicyclic) bond motifs is 1. The van der Waals surface area contributed by atoms with E-state index in [0.717, 1.165) is 31.0 Å². The Bertz CT molecular complexity index is 211. The van der Waals surface area contributed by atoms with E-state index in [4.69, 9.17) is 4.74 Å². The van der Waals surface area contributed by atoms with Gasteiger partial charge in [0.05, 0.1) is 13.2 Å². The highest BCUT2D eigenvalue weighted by Crippen LogP contribution is 2.50. The summed E-state index contributed by atoms with van der Waals surface area (Å²) in [7, 11) is 0. The average Bonchev–Trinajstić information content (AvgIpc) is 2.62. The third kappa shape index (κ3) is 1.58. The highest BCUT2D eigenvalue weighted by Gasteiger charge is 2.54. The molecule has 3 unspecified atom stereocenters. The Morgan fingerprint density at radius 1 is 1.36 bits per heavy atom. The van der Waals surface area contributed by atoms with Gasteiger partial charge in [-0.15, -0.1) is 0 Å². The molecule has 3 heteroatoms. The van der Waals surface area contributed by atoms with E-state index >= 15 is 0 Å². The Balaban J connectivity index is 1.48. The molecule has 80 valence electrons. The van der Waals surface area contributed by atoms with Crippen molar-refractivity contribution in [2.45, 2.75) is 13.0 Å². The average molecular weight is 196 g/mol. The molecule has 0 radical (unpaired) electrons. The molecule has 3 fully saturated rings. The minimum absolute atomic E-state index is 0.679. The van der Waals surface area contributed by atoms with Gasteiger partial charge < -0.3 is 15.0 Å². The third-order valence-corrected chi connectivity index (χ3v) is 4.05. The number of piperazine rings is 1. The van der Waals surface area contributed by atoms with Crippen LogP contribution in [0.1, 0.15) is 6.92 Å². The van der Waals surface area contributed by atoms with Gasteiger partial charge in [0, 0.05) is 32.2 Å². The quantitative estimate of drug-likeness (QED) is 0.681. The number of hydrogen-bond donors (Lipinski definition) is 1. The molecule has 3 rings (SSSR count). The van der Waals surface area contributed by atoms with Crippen LogP contribution in [0.25, 0.3) is 0 Å². The molecular weight excluding hydrogens is 176 g/mol. The summed E-state index contributed by atoms with van der Waals surface area (Å²) in [5.41, 5.74) is 0. The molecule has 0 spiro atoms. The van der Waals surface area contributed by atoms with E-state index in [1.165, 1.54) is 26.2 Å². The molecule has 3 aliphatic rings. The number of rotatable bonds is 2. The molecule has 14 heavy (non-hydrogen) atoms. The van der Waals surface area contributed by atoms with E-state index in [9.17, 15) is 0 Å². The van der Waals surface area contributed by atoms with Gasteiger partial charge in [0.25, 0.3) is 0 Å². The topological polar surface area (TPSA) is 24.5 Å². The van der Waals surface area contributed by atoms with Crippen LogP contribution in [0.4, 0.5) is 0 Å². The van der Waals surface area contributed by atoms with Crippen LogP contribution in [0.15, 0.2) is 0 Å². The molecule has 1 aliphatic carbocycles. The smallest absolute Gasteiger partial charge is 0.0501 e. The van der Waals surface area contributed by atoms with Crippen LogP contribution in [0.2, 0.25) is 0 Å². The lowest BCUT2D eigenvalue weighted by atomic mass is 10.2. The van der Waals surface area contributed by atoms with Crippen molar-refractivity contribution < 1.29 is 4.74 Å². The predicted octanol–water partition coefficient (Wildman–Crippen LogP) is 0.173. The molecular formula is C11H20N2O. The molecule has 2 heterocycles. The van der Waals surface area contributed by atoms with Crippen LogP contribution in [0.3, 0.4) is 0 Å². The summed E-state index contributed by atoms with van der Waals surface area (Å²) < 4.78 is 5.42. The van der Waals surface area contributed by atoms with Crippen LogP contribution < -0.4 is 5.32 Å². The summed E-state index contributed by atoms with van der Waals surface area (Å²) in [5.74, 6) is 2.80. The van der Waals surface area contributed by atoms with Crippen molar-refractivity contribution in [1.29, 1.82) is 0 Å². The van der Waals surface area contributed by atoms with Gasteiger partial charge in [0.2, 0.25) is 0 Å². The van der Waals surface area contributed by atoms with Gasteiger partial charge in [-0.1, -0.05) is 0 Å². The van der Waals surface area contributed by atoms with Crippen molar-refractivity contribution in [2.24, 2.45) is 17.8 Å². The maximum Gasteiger partial charge on any atom is 0.0501 e. The Labute approximate surface area is 85.8 Å². The molecule has 0 bridgehead atoms. The van der Waals surface area contributed by atoms with Crippen LogP contribution in [0, 0.1) is 17.8 Å². The number of hydrogen-bond acceptors (Lipinski definition) is 3. The maximum absolute atomic E-state index is 5.42. The Morgan fingerprint density at radius 2 is 2.14 bits per heavy atom. The van der Waals surface area contributed by atoms with Gasteiger partial charge in [-0.05, 0) is 24.7 Å². The van der Waals surface area contributed by atoms with E-state index in [1.807, 2.05) is 0 Å². The van der Waals surface area contributed by atoms with Gasteiger partial charge in [0.1, 0.15) is 0 Å². The first-order valence-corrected chi connectivity index (χ1v) is 5.88. The second kappa shape index (κ2) is 3.47. The highest BCUT2D eigenvalue weighted by molar-refractivity contribution is 5.01. The van der Waals surface area contributed by atoms with E-state index in [2.05, 4.69) is 17.1 Å². The Kier molecular flexibility index (Phi) is 2.26. The molecule has 1 N–H and O–H groups in total. The SMILES string of the molecule is CC1CN(CC2C3COCC32)CCN1. The van der Waals surface area contributed by atoms with Crippen LogP contribution in [0.5, 0.6) is 0 Å². The molecule has 2 saturated heterocycles. The lowest BCUT2D eigenvalue weighted by Crippen LogP contribution is -2.49. The fraction of sp³-hybridized carbons (Fsp3) is 1.00. The van der Waals surface area contributed by atoms with Crippen molar-refractivity contribution in [3.05, 3.63) is 0 Å². The molecule has 0 amide bonds. The van der Waals surface area contributed by atoms with Crippen LogP contribution in [-0.2, 0) is 4.74 Å². The number of nitrogens with one attached hydrogen (secondary N) is 1. The number of nitrogens with zero attached hydrogens (tertiary/aromatic N) is 1. The second-order valence-corrected chi connectivity index (χ2v) is 5.14. The lowest BCUT2D eigenvalue weighted by Gasteiger charge is -2.32. The summed E-state index contributed by atoms with van der Waals surface area (Å²) in [5, 5.41) is 3.49. The summed E-state index contributed by atoms with van der Waals surface area (Å²) in [4.78, 5) is 2.63. The van der Waals surface area contributed by atoms with Crippen molar-refractivity contribution in [3.63, 3.8) is 0 Å². The van der Waals surface area contributed by atoms with Crippen molar-refractivity contribution in [1.82, 2.24) is 10.2 Å². The standard InChI is InChI=1S/C11H20N2O/c1-8-4-13(3-2-12-8)5-9-10-6-14-7-11(9)10/h8-12H,2-7H2,1H3. The Morgan fingerprint density at radius 3 is 2.86 bits per heavy atom. The van der Waals surface area contributed by atoms with Crippen LogP contribution >= 0.6 is 0 Å². The summed E-state index contributed by atoms with van der Waals surface area (Å²) in [6.07, 6.45) is 0. The fourth-order valence-electron chi connectivity index (χ4n) is 3.11. The number of ether oxygens (including phenoxy) is 1. The Hall–Kier alpha value is -0.120. The van der Waals surface area contributed by atoms with Gasteiger partial charge >= 0.3 is 0 Å². The third-order valence-electron chi connectivity index (χ3n) is 4.05. The first kappa shape index (κ1) is 9.13. The summed E-state index contributed by atoms with van der Waals surface area (Å²) in [6.45, 7) is 9.32. The molecule has 2 aliphatic heterocycles. The minimum Gasteiger partial charge on any atom is -0.381 e. The normalized spacial score (nSPS) is 47.8. The first-order valence-electron chi connectivity index (χ1n) is 5.88. The van der Waals surface area contributed by atoms with E-state index in [-0.39, 0.29) is 0 Å². The summed E-state index contributed by atoms with van der Waals surface area (Å²) in [6, 6.07) is 0.679. The van der Waals surface area contributed by atoms with Crippen molar-refractivity contribution >= 4 is 0 Å². The maximum atomic E-state index is 5.42. The molecule has 0 aromatic heterocycles. The van der Waals surface area contributed by atoms with E-state index in [0.29, 0.717) is 6.04 Å².